The molecule has 3 aliphatic heterocycles. The molecule has 1 aromatic heterocycles. The Morgan fingerprint density at radius 2 is 2.04 bits per heavy atom. The molecule has 2 aromatic rings. The van der Waals surface area contributed by atoms with Crippen LogP contribution in [0.15, 0.2) is 23.1 Å². The van der Waals surface area contributed by atoms with E-state index >= 15 is 0 Å². The number of sulfonamides is 1. The zero-order chi connectivity index (χ0) is 17.1. The number of aryl methyl sites for hydroxylation is 1. The SMILES string of the molecule is Cc1nc2ccc(S(=O)(=O)N3C[C@H]4CC[C@@H](C3)N(C)C4=O)cc2s1. The minimum absolute atomic E-state index is 0.0274. The average Bonchev–Trinajstić information content (AvgIpc) is 2.71. The van der Waals surface area contributed by atoms with Gasteiger partial charge < -0.3 is 4.90 Å². The van der Waals surface area contributed by atoms with Gasteiger partial charge in [0.15, 0.2) is 0 Å². The van der Waals surface area contributed by atoms with E-state index in [1.54, 1.807) is 30.1 Å². The number of likely N-dealkylation sites (N-methyl/N-ethyl adjacent to an activating group) is 1. The second-order valence-electron chi connectivity index (χ2n) is 6.56. The second-order valence-corrected chi connectivity index (χ2v) is 9.73. The minimum atomic E-state index is -3.61. The lowest BCUT2D eigenvalue weighted by molar-refractivity contribution is -0.138. The Balaban J connectivity index is 1.72. The van der Waals surface area contributed by atoms with Crippen LogP contribution < -0.4 is 0 Å². The molecule has 1 aromatic carbocycles. The number of piperidine rings is 1. The van der Waals surface area contributed by atoms with Crippen molar-refractivity contribution in [1.29, 1.82) is 0 Å². The van der Waals surface area contributed by atoms with Crippen LogP contribution in [-0.4, -0.2) is 54.7 Å². The molecule has 3 aliphatic rings. The number of benzene rings is 1. The highest BCUT2D eigenvalue weighted by atomic mass is 32.2. The summed E-state index contributed by atoms with van der Waals surface area (Å²) >= 11 is 1.49. The summed E-state index contributed by atoms with van der Waals surface area (Å²) in [4.78, 5) is 18.7. The van der Waals surface area contributed by atoms with E-state index in [2.05, 4.69) is 4.98 Å². The molecule has 0 aliphatic carbocycles. The molecule has 1 amide bonds. The Hall–Kier alpha value is -1.51. The lowest BCUT2D eigenvalue weighted by Gasteiger charge is -2.32. The molecule has 0 radical (unpaired) electrons. The third-order valence-electron chi connectivity index (χ3n) is 5.04. The van der Waals surface area contributed by atoms with Crippen LogP contribution in [0.3, 0.4) is 0 Å². The van der Waals surface area contributed by atoms with Crippen LogP contribution in [0.4, 0.5) is 0 Å². The Bertz CT molecular complexity index is 922. The van der Waals surface area contributed by atoms with Crippen LogP contribution >= 0.6 is 11.3 Å². The standard InChI is InChI=1S/C16H19N3O3S2/c1-10-17-14-6-5-13(7-15(14)23-10)24(21,22)19-8-11-3-4-12(9-19)18(2)16(11)20/h5-7,11-12H,3-4,8-9H2,1-2H3/t11-,12+/m1/s1. The van der Waals surface area contributed by atoms with Gasteiger partial charge in [-0.1, -0.05) is 0 Å². The average molecular weight is 365 g/mol. The zero-order valence-corrected chi connectivity index (χ0v) is 15.2. The van der Waals surface area contributed by atoms with E-state index in [-0.39, 0.29) is 29.3 Å². The van der Waals surface area contributed by atoms with Crippen LogP contribution in [0.1, 0.15) is 17.8 Å². The third-order valence-corrected chi connectivity index (χ3v) is 7.80. The van der Waals surface area contributed by atoms with E-state index in [1.807, 2.05) is 6.92 Å². The van der Waals surface area contributed by atoms with Crippen molar-refractivity contribution in [2.24, 2.45) is 5.92 Å². The summed E-state index contributed by atoms with van der Waals surface area (Å²) in [6.07, 6.45) is 1.64. The number of rotatable bonds is 2. The Kier molecular flexibility index (Phi) is 3.67. The van der Waals surface area contributed by atoms with Gasteiger partial charge in [-0.05, 0) is 38.0 Å². The summed E-state index contributed by atoms with van der Waals surface area (Å²) in [7, 11) is -1.83. The molecular formula is C16H19N3O3S2. The number of amides is 1. The van der Waals surface area contributed by atoms with E-state index < -0.39 is 10.0 Å². The molecule has 3 saturated heterocycles. The van der Waals surface area contributed by atoms with Crippen LogP contribution in [0, 0.1) is 12.8 Å². The first-order valence-electron chi connectivity index (χ1n) is 8.00. The molecule has 4 heterocycles. The van der Waals surface area contributed by atoms with Crippen LogP contribution in [0.2, 0.25) is 0 Å². The number of fused-ring (bicyclic) bond motifs is 5. The number of hydrogen-bond donors (Lipinski definition) is 0. The van der Waals surface area contributed by atoms with E-state index in [9.17, 15) is 13.2 Å². The van der Waals surface area contributed by atoms with Gasteiger partial charge in [0.05, 0.1) is 26.0 Å². The molecule has 0 N–H and O–H groups in total. The number of carbonyl (C=O) groups excluding carboxylic acids is 1. The maximum Gasteiger partial charge on any atom is 0.243 e. The van der Waals surface area contributed by atoms with Crippen molar-refractivity contribution in [1.82, 2.24) is 14.2 Å². The number of aromatic nitrogens is 1. The van der Waals surface area contributed by atoms with E-state index in [0.29, 0.717) is 6.54 Å². The zero-order valence-electron chi connectivity index (χ0n) is 13.6. The fourth-order valence-corrected chi connectivity index (χ4v) is 6.13. The molecule has 0 unspecified atom stereocenters. The Morgan fingerprint density at radius 3 is 2.83 bits per heavy atom. The maximum atomic E-state index is 13.1. The van der Waals surface area contributed by atoms with Crippen LogP contribution in [0.5, 0.6) is 0 Å². The molecule has 3 fully saturated rings. The van der Waals surface area contributed by atoms with Crippen molar-refractivity contribution in [3.05, 3.63) is 23.2 Å². The highest BCUT2D eigenvalue weighted by molar-refractivity contribution is 7.89. The summed E-state index contributed by atoms with van der Waals surface area (Å²) < 4.78 is 28.6. The van der Waals surface area contributed by atoms with Gasteiger partial charge in [0.25, 0.3) is 0 Å². The van der Waals surface area contributed by atoms with Crippen molar-refractivity contribution in [2.45, 2.75) is 30.7 Å². The molecular weight excluding hydrogens is 346 g/mol. The fourth-order valence-electron chi connectivity index (χ4n) is 3.64. The fraction of sp³-hybridized carbons (Fsp3) is 0.500. The van der Waals surface area contributed by atoms with Gasteiger partial charge in [0, 0.05) is 26.2 Å². The summed E-state index contributed by atoms with van der Waals surface area (Å²) in [5.74, 6) is -0.157. The second kappa shape index (κ2) is 5.50. The summed E-state index contributed by atoms with van der Waals surface area (Å²) in [5, 5.41) is 0.916. The molecule has 2 atom stereocenters. The lowest BCUT2D eigenvalue weighted by Crippen LogP contribution is -2.45. The van der Waals surface area contributed by atoms with Crippen LogP contribution in [-0.2, 0) is 14.8 Å². The van der Waals surface area contributed by atoms with E-state index in [4.69, 9.17) is 0 Å². The predicted molar refractivity (Wildman–Crippen MR) is 92.4 cm³/mol. The topological polar surface area (TPSA) is 70.6 Å². The van der Waals surface area contributed by atoms with E-state index in [1.165, 1.54) is 15.6 Å². The van der Waals surface area contributed by atoms with Crippen molar-refractivity contribution in [3.8, 4) is 0 Å². The molecule has 128 valence electrons. The van der Waals surface area contributed by atoms with Gasteiger partial charge in [-0.25, -0.2) is 13.4 Å². The van der Waals surface area contributed by atoms with Crippen molar-refractivity contribution < 1.29 is 13.2 Å². The predicted octanol–water partition coefficient (Wildman–Crippen LogP) is 1.85. The summed E-state index contributed by atoms with van der Waals surface area (Å²) in [6, 6.07) is 5.05. The van der Waals surface area contributed by atoms with E-state index in [0.717, 1.165) is 28.1 Å². The minimum Gasteiger partial charge on any atom is -0.341 e. The van der Waals surface area contributed by atoms with Crippen LogP contribution in [0.25, 0.3) is 10.2 Å². The largest absolute Gasteiger partial charge is 0.341 e. The van der Waals surface area contributed by atoms with Crippen molar-refractivity contribution >= 4 is 37.5 Å². The highest BCUT2D eigenvalue weighted by Gasteiger charge is 2.42. The number of thiazole rings is 1. The summed E-state index contributed by atoms with van der Waals surface area (Å²) in [5.41, 5.74) is 0.822. The first-order valence-corrected chi connectivity index (χ1v) is 10.3. The third kappa shape index (κ3) is 2.44. The number of carbonyl (C=O) groups is 1. The molecule has 0 spiro atoms. The monoisotopic (exact) mass is 365 g/mol. The Morgan fingerprint density at radius 1 is 1.25 bits per heavy atom. The normalized spacial score (nSPS) is 25.4. The maximum absolute atomic E-state index is 13.1. The lowest BCUT2D eigenvalue weighted by atomic mass is 9.95. The van der Waals surface area contributed by atoms with Gasteiger partial charge in [-0.3, -0.25) is 4.79 Å². The van der Waals surface area contributed by atoms with Gasteiger partial charge in [-0.15, -0.1) is 11.3 Å². The Labute approximate surface area is 145 Å². The quantitative estimate of drug-likeness (QED) is 0.814. The molecule has 2 bridgehead atoms. The first kappa shape index (κ1) is 16.0. The molecule has 8 heteroatoms. The van der Waals surface area contributed by atoms with Crippen molar-refractivity contribution in [3.63, 3.8) is 0 Å². The smallest absolute Gasteiger partial charge is 0.243 e. The number of hydrogen-bond acceptors (Lipinski definition) is 5. The van der Waals surface area contributed by atoms with Gasteiger partial charge in [0.1, 0.15) is 0 Å². The number of nitrogens with zero attached hydrogens (tertiary/aromatic N) is 3. The van der Waals surface area contributed by atoms with Gasteiger partial charge >= 0.3 is 0 Å². The molecule has 5 rings (SSSR count). The molecule has 24 heavy (non-hydrogen) atoms. The molecule has 6 nitrogen and oxygen atoms in total. The highest BCUT2D eigenvalue weighted by Crippen LogP contribution is 2.32. The van der Waals surface area contributed by atoms with Gasteiger partial charge in [0.2, 0.25) is 15.9 Å². The van der Waals surface area contributed by atoms with Crippen molar-refractivity contribution in [2.75, 3.05) is 20.1 Å². The molecule has 0 saturated carbocycles. The first-order chi connectivity index (χ1) is 11.4. The summed E-state index contributed by atoms with van der Waals surface area (Å²) in [6.45, 7) is 2.56. The van der Waals surface area contributed by atoms with Gasteiger partial charge in [-0.2, -0.15) is 4.31 Å².